The van der Waals surface area contributed by atoms with Gasteiger partial charge in [0, 0.05) is 67.7 Å². The van der Waals surface area contributed by atoms with Crippen LogP contribution < -0.4 is 0 Å². The third-order valence-corrected chi connectivity index (χ3v) is 27.8. The lowest BCUT2D eigenvalue weighted by Gasteiger charge is -2.52. The minimum Gasteiger partial charge on any atom is -0.378 e. The smallest absolute Gasteiger partial charge is 0.378 e. The number of rotatable bonds is 6. The average molecular weight is 495 g/mol. The largest absolute Gasteiger partial charge is 0.489 e. The molecule has 2 aliphatic rings. The summed E-state index contributed by atoms with van der Waals surface area (Å²) >= 11 is 0. The molecule has 2 fully saturated rings. The first-order chi connectivity index (χ1) is 12.2. The molecule has 0 aliphatic carbocycles. The summed E-state index contributed by atoms with van der Waals surface area (Å²) in [5.74, 6) is 0. The Morgan fingerprint density at radius 2 is 0.926 bits per heavy atom. The third kappa shape index (κ3) is 5.52. The highest BCUT2D eigenvalue weighted by Crippen LogP contribution is 2.39. The zero-order valence-corrected chi connectivity index (χ0v) is 23.5. The topological polar surface area (TPSA) is 102 Å². The Morgan fingerprint density at radius 1 is 0.556 bits per heavy atom. The van der Waals surface area contributed by atoms with Gasteiger partial charge in [0.05, 0.1) is 0 Å². The van der Waals surface area contributed by atoms with E-state index in [1.165, 1.54) is 28.4 Å². The molecule has 160 valence electrons. The van der Waals surface area contributed by atoms with Crippen molar-refractivity contribution in [2.24, 2.45) is 0 Å². The van der Waals surface area contributed by atoms with Crippen molar-refractivity contribution in [1.82, 2.24) is 0 Å². The first kappa shape index (κ1) is 24.1. The molecule has 27 heavy (non-hydrogen) atoms. The summed E-state index contributed by atoms with van der Waals surface area (Å²) in [6, 6.07) is 0. The highest BCUT2D eigenvalue weighted by atomic mass is 28.6. The molecule has 2 saturated heterocycles. The van der Waals surface area contributed by atoms with Crippen molar-refractivity contribution in [2.75, 3.05) is 28.4 Å². The highest BCUT2D eigenvalue weighted by Gasteiger charge is 2.70. The first-order valence-electron chi connectivity index (χ1n) is 8.31. The fraction of sp³-hybridized carbons (Fsp3) is 1.00. The van der Waals surface area contributed by atoms with Crippen molar-refractivity contribution in [3.63, 3.8) is 0 Å². The Balaban J connectivity index is 2.47. The molecule has 0 aromatic heterocycles. The van der Waals surface area contributed by atoms with Gasteiger partial charge in [-0.25, -0.2) is 0 Å². The highest BCUT2D eigenvalue weighted by molar-refractivity contribution is 6.95. The van der Waals surface area contributed by atoms with E-state index in [2.05, 4.69) is 0 Å². The molecular formula is C10H30O11Si6. The SMILES string of the molecule is CO[Si](C)(OC)O[Si]1(C)O[Si](C)(OC)O[Si]2(C)O[Si](C)(OC)O[Si](C)(O1)O2. The number of hydrogen-bond donors (Lipinski definition) is 0. The number of fused-ring (bicyclic) bond motifs is 2. The van der Waals surface area contributed by atoms with Gasteiger partial charge in [-0.2, -0.15) is 0 Å². The molecule has 0 spiro atoms. The Hall–Kier alpha value is 0.861. The van der Waals surface area contributed by atoms with E-state index in [0.717, 1.165) is 0 Å². The van der Waals surface area contributed by atoms with E-state index in [9.17, 15) is 0 Å². The lowest BCUT2D eigenvalue weighted by atomic mass is 11.8. The molecule has 0 N–H and O–H groups in total. The van der Waals surface area contributed by atoms with Crippen LogP contribution in [-0.2, 0) is 46.5 Å². The maximum absolute atomic E-state index is 6.34. The van der Waals surface area contributed by atoms with Crippen LogP contribution in [0.1, 0.15) is 0 Å². The fourth-order valence-electron chi connectivity index (χ4n) is 2.92. The lowest BCUT2D eigenvalue weighted by Crippen LogP contribution is -2.78. The summed E-state index contributed by atoms with van der Waals surface area (Å²) in [4.78, 5) is 0. The van der Waals surface area contributed by atoms with Gasteiger partial charge in [0.2, 0.25) is 0 Å². The van der Waals surface area contributed by atoms with Crippen molar-refractivity contribution in [1.29, 1.82) is 0 Å². The number of hydrogen-bond acceptors (Lipinski definition) is 11. The van der Waals surface area contributed by atoms with Crippen molar-refractivity contribution in [2.45, 2.75) is 39.3 Å². The van der Waals surface area contributed by atoms with Crippen LogP contribution in [-0.4, -0.2) is 81.3 Å². The van der Waals surface area contributed by atoms with Gasteiger partial charge in [-0.05, 0) is 0 Å². The lowest BCUT2D eigenvalue weighted by molar-refractivity contribution is 0.0199. The van der Waals surface area contributed by atoms with Crippen LogP contribution in [0, 0.1) is 0 Å². The van der Waals surface area contributed by atoms with E-state index in [4.69, 9.17) is 46.5 Å². The molecule has 2 heterocycles. The quantitative estimate of drug-likeness (QED) is 0.496. The first-order valence-corrected chi connectivity index (χ1v) is 21.7. The van der Waals surface area contributed by atoms with Crippen LogP contribution in [0.3, 0.4) is 0 Å². The van der Waals surface area contributed by atoms with Crippen molar-refractivity contribution >= 4 is 52.8 Å². The third-order valence-electron chi connectivity index (χ3n) is 4.08. The van der Waals surface area contributed by atoms with Crippen LogP contribution >= 0.6 is 0 Å². The standard InChI is InChI=1S/C10H30O11Si6/c1-11-22(5,12-2)15-25(8)16-23(6,13-3)17-26(9)18-24(7,14-4)19-27(10,20-25)21-26/h1-10H3. The van der Waals surface area contributed by atoms with Gasteiger partial charge in [0.25, 0.3) is 0 Å². The van der Waals surface area contributed by atoms with Crippen LogP contribution in [0.25, 0.3) is 0 Å². The van der Waals surface area contributed by atoms with Crippen molar-refractivity contribution < 1.29 is 46.5 Å². The van der Waals surface area contributed by atoms with Gasteiger partial charge >= 0.3 is 52.8 Å². The second kappa shape index (κ2) is 7.84. The Bertz CT molecular complexity index is 558. The Kier molecular flexibility index (Phi) is 7.01. The summed E-state index contributed by atoms with van der Waals surface area (Å²) in [5.41, 5.74) is 0. The predicted molar refractivity (Wildman–Crippen MR) is 105 cm³/mol. The Morgan fingerprint density at radius 3 is 1.30 bits per heavy atom. The molecule has 0 aromatic rings. The van der Waals surface area contributed by atoms with E-state index in [1.54, 1.807) is 39.3 Å². The molecule has 0 radical (unpaired) electrons. The zero-order valence-electron chi connectivity index (χ0n) is 17.5. The molecule has 0 aromatic carbocycles. The van der Waals surface area contributed by atoms with Gasteiger partial charge in [-0.3, -0.25) is 0 Å². The van der Waals surface area contributed by atoms with E-state index < -0.39 is 52.8 Å². The van der Waals surface area contributed by atoms with Crippen LogP contribution in [0.4, 0.5) is 0 Å². The van der Waals surface area contributed by atoms with Crippen LogP contribution in [0.2, 0.25) is 39.3 Å². The second-order valence-electron chi connectivity index (χ2n) is 6.71. The predicted octanol–water partition coefficient (Wildman–Crippen LogP) is 1.13. The van der Waals surface area contributed by atoms with Gasteiger partial charge in [0.15, 0.2) is 0 Å². The molecule has 5 unspecified atom stereocenters. The Labute approximate surface area is 167 Å². The maximum Gasteiger partial charge on any atom is 0.489 e. The van der Waals surface area contributed by atoms with E-state index in [1.807, 2.05) is 0 Å². The van der Waals surface area contributed by atoms with E-state index in [-0.39, 0.29) is 0 Å². The van der Waals surface area contributed by atoms with Crippen molar-refractivity contribution in [3.05, 3.63) is 0 Å². The maximum atomic E-state index is 6.34. The molecular weight excluding hydrogens is 465 g/mol. The van der Waals surface area contributed by atoms with Crippen LogP contribution in [0.5, 0.6) is 0 Å². The molecule has 0 amide bonds. The van der Waals surface area contributed by atoms with Gasteiger partial charge in [-0.1, -0.05) is 0 Å². The van der Waals surface area contributed by atoms with Gasteiger partial charge < -0.3 is 46.5 Å². The second-order valence-corrected chi connectivity index (χ2v) is 24.4. The van der Waals surface area contributed by atoms with E-state index in [0.29, 0.717) is 0 Å². The molecule has 2 bridgehead atoms. The normalized spacial score (nSPS) is 46.0. The van der Waals surface area contributed by atoms with E-state index >= 15 is 0 Å². The molecule has 11 nitrogen and oxygen atoms in total. The molecule has 2 aliphatic heterocycles. The zero-order chi connectivity index (χ0) is 20.8. The average Bonchev–Trinajstić information content (AvgIpc) is 2.50. The minimum atomic E-state index is -3.44. The van der Waals surface area contributed by atoms with Gasteiger partial charge in [0.1, 0.15) is 0 Å². The molecule has 5 atom stereocenters. The van der Waals surface area contributed by atoms with Crippen molar-refractivity contribution in [3.8, 4) is 0 Å². The summed E-state index contributed by atoms with van der Waals surface area (Å²) in [6.07, 6.45) is 0. The monoisotopic (exact) mass is 494 g/mol. The minimum absolute atomic E-state index is 1.51. The molecule has 0 saturated carbocycles. The van der Waals surface area contributed by atoms with Gasteiger partial charge in [-0.15, -0.1) is 0 Å². The molecule has 17 heteroatoms. The molecule has 2 rings (SSSR count). The summed E-state index contributed by atoms with van der Waals surface area (Å²) in [7, 11) is -13.2. The summed E-state index contributed by atoms with van der Waals surface area (Å²) in [5, 5.41) is 0. The fourth-order valence-corrected chi connectivity index (χ4v) is 29.9. The van der Waals surface area contributed by atoms with Crippen LogP contribution in [0.15, 0.2) is 0 Å². The summed E-state index contributed by atoms with van der Waals surface area (Å²) in [6.45, 7) is 10.5. The summed E-state index contributed by atoms with van der Waals surface area (Å²) < 4.78 is 65.4.